The van der Waals surface area contributed by atoms with Crippen molar-refractivity contribution in [2.75, 3.05) is 6.54 Å². The van der Waals surface area contributed by atoms with E-state index in [4.69, 9.17) is 0 Å². The summed E-state index contributed by atoms with van der Waals surface area (Å²) in [7, 11) is 0. The molecule has 0 aliphatic carbocycles. The topological polar surface area (TPSA) is 100 Å². The van der Waals surface area contributed by atoms with Crippen LogP contribution in [0.25, 0.3) is 0 Å². The summed E-state index contributed by atoms with van der Waals surface area (Å²) >= 11 is 0. The van der Waals surface area contributed by atoms with Gasteiger partial charge in [0.15, 0.2) is 0 Å². The largest absolute Gasteiger partial charge is 0.347 e. The number of carbonyl (C=O) groups excluding carboxylic acids is 3. The minimum absolute atomic E-state index is 0.189. The van der Waals surface area contributed by atoms with Gasteiger partial charge in [-0.1, -0.05) is 0 Å². The fraction of sp³-hybridized carbons (Fsp3) is 0.273. The molecule has 0 saturated carbocycles. The van der Waals surface area contributed by atoms with E-state index >= 15 is 0 Å². The Bertz CT molecular complexity index is 473. The van der Waals surface area contributed by atoms with Crippen LogP contribution in [0, 0.1) is 6.92 Å². The lowest BCUT2D eigenvalue weighted by Gasteiger charge is -2.07. The fourth-order valence-electron chi connectivity index (χ4n) is 1.13. The van der Waals surface area contributed by atoms with Crippen LogP contribution >= 0.6 is 0 Å². The van der Waals surface area contributed by atoms with Crippen molar-refractivity contribution in [2.24, 2.45) is 0 Å². The van der Waals surface area contributed by atoms with Gasteiger partial charge in [-0.25, -0.2) is 0 Å². The smallest absolute Gasteiger partial charge is 0.269 e. The molecule has 7 nitrogen and oxygen atoms in total. The highest BCUT2D eigenvalue weighted by Crippen LogP contribution is 1.99. The predicted octanol–water partition coefficient (Wildman–Crippen LogP) is -0.713. The third-order valence-corrected chi connectivity index (χ3v) is 1.97. The van der Waals surface area contributed by atoms with Crippen molar-refractivity contribution in [1.29, 1.82) is 0 Å². The van der Waals surface area contributed by atoms with E-state index in [1.165, 1.54) is 19.2 Å². The van der Waals surface area contributed by atoms with Gasteiger partial charge < -0.3 is 5.32 Å². The van der Waals surface area contributed by atoms with Gasteiger partial charge in [0.2, 0.25) is 5.91 Å². The number of hydrazine groups is 1. The van der Waals surface area contributed by atoms with E-state index in [1.54, 1.807) is 13.0 Å². The molecule has 0 atom stereocenters. The zero-order valence-electron chi connectivity index (χ0n) is 10.1. The second-order valence-electron chi connectivity index (χ2n) is 3.60. The number of nitrogens with one attached hydrogen (secondary N) is 3. The van der Waals surface area contributed by atoms with Crippen molar-refractivity contribution in [3.63, 3.8) is 0 Å². The highest BCUT2D eigenvalue weighted by Gasteiger charge is 2.07. The molecule has 96 valence electrons. The fourth-order valence-corrected chi connectivity index (χ4v) is 1.13. The van der Waals surface area contributed by atoms with Gasteiger partial charge in [-0.15, -0.1) is 0 Å². The quantitative estimate of drug-likeness (QED) is 0.617. The Labute approximate surface area is 104 Å². The Morgan fingerprint density at radius 1 is 1.28 bits per heavy atom. The van der Waals surface area contributed by atoms with Gasteiger partial charge in [-0.2, -0.15) is 0 Å². The van der Waals surface area contributed by atoms with Crippen molar-refractivity contribution in [3.05, 3.63) is 29.6 Å². The van der Waals surface area contributed by atoms with Crippen molar-refractivity contribution in [1.82, 2.24) is 21.2 Å². The standard InChI is InChI=1S/C11H14N4O3/c1-7-5-9(3-4-12-7)11(18)15-14-10(17)6-13-8(2)16/h3-5H,6H2,1-2H3,(H,13,16)(H,14,17)(H,15,18). The number of pyridine rings is 1. The van der Waals surface area contributed by atoms with Crippen LogP contribution in [0.2, 0.25) is 0 Å². The number of carbonyl (C=O) groups is 3. The first-order chi connectivity index (χ1) is 8.49. The molecule has 0 fully saturated rings. The molecule has 7 heteroatoms. The number of aryl methyl sites for hydroxylation is 1. The molecule has 0 spiro atoms. The molecule has 0 aromatic carbocycles. The van der Waals surface area contributed by atoms with Gasteiger partial charge in [-0.3, -0.25) is 30.2 Å². The minimum Gasteiger partial charge on any atom is -0.347 e. The predicted molar refractivity (Wildman–Crippen MR) is 63.3 cm³/mol. The molecular weight excluding hydrogens is 236 g/mol. The van der Waals surface area contributed by atoms with E-state index in [0.717, 1.165) is 0 Å². The molecule has 0 aliphatic rings. The molecule has 1 aromatic heterocycles. The molecule has 3 amide bonds. The van der Waals surface area contributed by atoms with E-state index in [0.29, 0.717) is 11.3 Å². The number of rotatable bonds is 3. The Kier molecular flexibility index (Phi) is 4.79. The Morgan fingerprint density at radius 3 is 2.61 bits per heavy atom. The van der Waals surface area contributed by atoms with Crippen molar-refractivity contribution >= 4 is 17.7 Å². The second-order valence-corrected chi connectivity index (χ2v) is 3.60. The minimum atomic E-state index is -0.510. The van der Waals surface area contributed by atoms with E-state index in [-0.39, 0.29) is 12.5 Å². The van der Waals surface area contributed by atoms with Crippen molar-refractivity contribution < 1.29 is 14.4 Å². The number of aromatic nitrogens is 1. The number of hydrogen-bond donors (Lipinski definition) is 3. The first kappa shape index (κ1) is 13.6. The average molecular weight is 250 g/mol. The summed E-state index contributed by atoms with van der Waals surface area (Å²) in [5.41, 5.74) is 5.51. The molecule has 0 saturated heterocycles. The number of hydrogen-bond acceptors (Lipinski definition) is 4. The van der Waals surface area contributed by atoms with Crippen LogP contribution in [0.4, 0.5) is 0 Å². The molecule has 18 heavy (non-hydrogen) atoms. The Morgan fingerprint density at radius 2 is 2.00 bits per heavy atom. The highest BCUT2D eigenvalue weighted by molar-refractivity contribution is 5.95. The molecule has 0 unspecified atom stereocenters. The van der Waals surface area contributed by atoms with Gasteiger partial charge in [0.1, 0.15) is 0 Å². The first-order valence-corrected chi connectivity index (χ1v) is 5.25. The second kappa shape index (κ2) is 6.33. The van der Waals surface area contributed by atoms with E-state index in [2.05, 4.69) is 21.2 Å². The van der Waals surface area contributed by atoms with Gasteiger partial charge in [0.05, 0.1) is 6.54 Å². The molecule has 3 N–H and O–H groups in total. The van der Waals surface area contributed by atoms with Crippen LogP contribution in [0.3, 0.4) is 0 Å². The summed E-state index contributed by atoms with van der Waals surface area (Å²) in [6.45, 7) is 2.86. The summed E-state index contributed by atoms with van der Waals surface area (Å²) in [5.74, 6) is -1.28. The summed E-state index contributed by atoms with van der Waals surface area (Å²) in [4.78, 5) is 37.3. The monoisotopic (exact) mass is 250 g/mol. The van der Waals surface area contributed by atoms with Crippen molar-refractivity contribution in [2.45, 2.75) is 13.8 Å². The van der Waals surface area contributed by atoms with E-state index < -0.39 is 11.8 Å². The van der Waals surface area contributed by atoms with Gasteiger partial charge in [0, 0.05) is 24.4 Å². The molecular formula is C11H14N4O3. The van der Waals surface area contributed by atoms with Gasteiger partial charge in [0.25, 0.3) is 11.8 Å². The molecule has 0 aliphatic heterocycles. The summed E-state index contributed by atoms with van der Waals surface area (Å²) in [5, 5.41) is 2.31. The summed E-state index contributed by atoms with van der Waals surface area (Å²) in [6, 6.07) is 3.12. The van der Waals surface area contributed by atoms with Gasteiger partial charge >= 0.3 is 0 Å². The maximum absolute atomic E-state index is 11.6. The Balaban J connectivity index is 2.42. The zero-order chi connectivity index (χ0) is 13.5. The lowest BCUT2D eigenvalue weighted by molar-refractivity contribution is -0.125. The molecule has 1 rings (SSSR count). The van der Waals surface area contributed by atoms with Crippen LogP contribution in [-0.4, -0.2) is 29.3 Å². The first-order valence-electron chi connectivity index (χ1n) is 5.25. The van der Waals surface area contributed by atoms with E-state index in [9.17, 15) is 14.4 Å². The third kappa shape index (κ3) is 4.60. The molecule has 1 aromatic rings. The Hall–Kier alpha value is -2.44. The SMILES string of the molecule is CC(=O)NCC(=O)NNC(=O)c1ccnc(C)c1. The number of amides is 3. The third-order valence-electron chi connectivity index (χ3n) is 1.97. The lowest BCUT2D eigenvalue weighted by atomic mass is 10.2. The average Bonchev–Trinajstić information content (AvgIpc) is 2.33. The van der Waals surface area contributed by atoms with Gasteiger partial charge in [-0.05, 0) is 19.1 Å². The van der Waals surface area contributed by atoms with Crippen LogP contribution < -0.4 is 16.2 Å². The highest BCUT2D eigenvalue weighted by atomic mass is 16.2. The molecule has 0 radical (unpaired) electrons. The molecule has 0 bridgehead atoms. The van der Waals surface area contributed by atoms with Crippen molar-refractivity contribution in [3.8, 4) is 0 Å². The summed E-state index contributed by atoms with van der Waals surface area (Å²) < 4.78 is 0. The maximum atomic E-state index is 11.6. The van der Waals surface area contributed by atoms with Crippen LogP contribution in [-0.2, 0) is 9.59 Å². The number of nitrogens with zero attached hydrogens (tertiary/aromatic N) is 1. The maximum Gasteiger partial charge on any atom is 0.269 e. The molecule has 1 heterocycles. The zero-order valence-corrected chi connectivity index (χ0v) is 10.1. The summed E-state index contributed by atoms with van der Waals surface area (Å²) in [6.07, 6.45) is 1.50. The lowest BCUT2D eigenvalue weighted by Crippen LogP contribution is -2.46. The normalized spacial score (nSPS) is 9.44. The van der Waals surface area contributed by atoms with E-state index in [1.807, 2.05) is 0 Å². The van der Waals surface area contributed by atoms with Crippen LogP contribution in [0.1, 0.15) is 23.0 Å². The van der Waals surface area contributed by atoms with Crippen LogP contribution in [0.15, 0.2) is 18.3 Å². The van der Waals surface area contributed by atoms with Crippen LogP contribution in [0.5, 0.6) is 0 Å².